The third-order valence-electron chi connectivity index (χ3n) is 5.28. The van der Waals surface area contributed by atoms with E-state index in [2.05, 4.69) is 5.32 Å². The van der Waals surface area contributed by atoms with Crippen LogP contribution >= 0.6 is 11.8 Å². The van der Waals surface area contributed by atoms with Gasteiger partial charge in [0.05, 0.1) is 0 Å². The molecule has 21 heavy (non-hydrogen) atoms. The quantitative estimate of drug-likeness (QED) is 0.869. The zero-order valence-corrected chi connectivity index (χ0v) is 13.7. The van der Waals surface area contributed by atoms with E-state index in [4.69, 9.17) is 0 Å². The van der Waals surface area contributed by atoms with Crippen molar-refractivity contribution in [2.24, 2.45) is 5.92 Å². The van der Waals surface area contributed by atoms with E-state index in [-0.39, 0.29) is 17.9 Å². The average molecular weight is 310 g/mol. The number of carbonyl (C=O) groups excluding carboxylic acids is 2. The molecule has 2 aliphatic heterocycles. The molecule has 4 nitrogen and oxygen atoms in total. The summed E-state index contributed by atoms with van der Waals surface area (Å²) in [4.78, 5) is 27.6. The van der Waals surface area contributed by atoms with Crippen LogP contribution in [0.15, 0.2) is 0 Å². The number of amides is 2. The molecule has 1 spiro atoms. The van der Waals surface area contributed by atoms with Crippen molar-refractivity contribution < 1.29 is 9.59 Å². The second-order valence-corrected chi connectivity index (χ2v) is 7.89. The molecule has 1 aliphatic carbocycles. The molecule has 118 valence electrons. The second-order valence-electron chi connectivity index (χ2n) is 6.74. The SMILES string of the molecule is CCC1C(=O)NC2(CCCCC2)C(=O)N1CC1CCSC1. The maximum Gasteiger partial charge on any atom is 0.249 e. The van der Waals surface area contributed by atoms with Crippen molar-refractivity contribution in [2.75, 3.05) is 18.1 Å². The third-order valence-corrected chi connectivity index (χ3v) is 6.52. The molecule has 1 saturated carbocycles. The van der Waals surface area contributed by atoms with Crippen LogP contribution in [0.4, 0.5) is 0 Å². The smallest absolute Gasteiger partial charge is 0.249 e. The Balaban J connectivity index is 1.81. The first-order chi connectivity index (χ1) is 10.2. The summed E-state index contributed by atoms with van der Waals surface area (Å²) in [7, 11) is 0. The number of thioether (sulfide) groups is 1. The summed E-state index contributed by atoms with van der Waals surface area (Å²) < 4.78 is 0. The predicted molar refractivity (Wildman–Crippen MR) is 85.2 cm³/mol. The molecule has 5 heteroatoms. The van der Waals surface area contributed by atoms with Gasteiger partial charge in [-0.15, -0.1) is 0 Å². The fourth-order valence-corrected chi connectivity index (χ4v) is 5.32. The fourth-order valence-electron chi connectivity index (χ4n) is 4.05. The summed E-state index contributed by atoms with van der Waals surface area (Å²) in [5.41, 5.74) is -0.577. The summed E-state index contributed by atoms with van der Waals surface area (Å²) in [6, 6.07) is -0.254. The predicted octanol–water partition coefficient (Wildman–Crippen LogP) is 2.18. The molecule has 2 unspecified atom stereocenters. The van der Waals surface area contributed by atoms with Crippen LogP contribution in [-0.2, 0) is 9.59 Å². The van der Waals surface area contributed by atoms with Crippen molar-refractivity contribution in [3.63, 3.8) is 0 Å². The minimum absolute atomic E-state index is 0.0738. The van der Waals surface area contributed by atoms with E-state index in [0.717, 1.165) is 38.0 Å². The lowest BCUT2D eigenvalue weighted by molar-refractivity contribution is -0.157. The highest BCUT2D eigenvalue weighted by Crippen LogP contribution is 2.35. The largest absolute Gasteiger partial charge is 0.340 e. The van der Waals surface area contributed by atoms with Crippen LogP contribution in [0.1, 0.15) is 51.9 Å². The lowest BCUT2D eigenvalue weighted by Gasteiger charge is -2.48. The second kappa shape index (κ2) is 6.19. The van der Waals surface area contributed by atoms with Crippen LogP contribution in [0.5, 0.6) is 0 Å². The van der Waals surface area contributed by atoms with Crippen LogP contribution in [-0.4, -0.2) is 46.3 Å². The first kappa shape index (κ1) is 15.2. The minimum atomic E-state index is -0.577. The summed E-state index contributed by atoms with van der Waals surface area (Å²) in [5.74, 6) is 3.17. The van der Waals surface area contributed by atoms with Gasteiger partial charge in [-0.05, 0) is 43.1 Å². The number of hydrogen-bond donors (Lipinski definition) is 1. The Labute approximate surface area is 131 Å². The zero-order valence-electron chi connectivity index (χ0n) is 12.9. The fraction of sp³-hybridized carbons (Fsp3) is 0.875. The highest BCUT2D eigenvalue weighted by Gasteiger charge is 2.50. The van der Waals surface area contributed by atoms with E-state index in [9.17, 15) is 9.59 Å². The lowest BCUT2D eigenvalue weighted by atomic mass is 9.78. The van der Waals surface area contributed by atoms with E-state index in [0.29, 0.717) is 12.3 Å². The lowest BCUT2D eigenvalue weighted by Crippen LogP contribution is -2.71. The Morgan fingerprint density at radius 3 is 2.67 bits per heavy atom. The minimum Gasteiger partial charge on any atom is -0.340 e. The van der Waals surface area contributed by atoms with Gasteiger partial charge in [-0.1, -0.05) is 26.2 Å². The number of nitrogens with one attached hydrogen (secondary N) is 1. The van der Waals surface area contributed by atoms with Gasteiger partial charge in [0.2, 0.25) is 11.8 Å². The molecule has 0 bridgehead atoms. The van der Waals surface area contributed by atoms with E-state index < -0.39 is 5.54 Å². The van der Waals surface area contributed by atoms with Crippen LogP contribution in [0.2, 0.25) is 0 Å². The molecule has 3 rings (SSSR count). The molecule has 3 aliphatic rings. The molecule has 0 radical (unpaired) electrons. The molecule has 2 amide bonds. The van der Waals surface area contributed by atoms with Crippen molar-refractivity contribution in [3.8, 4) is 0 Å². The van der Waals surface area contributed by atoms with Gasteiger partial charge in [0.15, 0.2) is 0 Å². The van der Waals surface area contributed by atoms with Gasteiger partial charge in [0, 0.05) is 6.54 Å². The Morgan fingerprint density at radius 2 is 2.05 bits per heavy atom. The Hall–Kier alpha value is -0.710. The topological polar surface area (TPSA) is 49.4 Å². The molecule has 0 aromatic heterocycles. The average Bonchev–Trinajstić information content (AvgIpc) is 2.99. The first-order valence-electron chi connectivity index (χ1n) is 8.37. The van der Waals surface area contributed by atoms with E-state index >= 15 is 0 Å². The van der Waals surface area contributed by atoms with Crippen molar-refractivity contribution in [1.82, 2.24) is 10.2 Å². The van der Waals surface area contributed by atoms with Gasteiger partial charge in [-0.2, -0.15) is 11.8 Å². The molecule has 0 aromatic rings. The van der Waals surface area contributed by atoms with Gasteiger partial charge >= 0.3 is 0 Å². The first-order valence-corrected chi connectivity index (χ1v) is 9.52. The number of hydrogen-bond acceptors (Lipinski definition) is 3. The van der Waals surface area contributed by atoms with E-state index in [1.54, 1.807) is 0 Å². The Morgan fingerprint density at radius 1 is 1.29 bits per heavy atom. The van der Waals surface area contributed by atoms with Crippen LogP contribution < -0.4 is 5.32 Å². The molecule has 2 saturated heterocycles. The number of nitrogens with zero attached hydrogens (tertiary/aromatic N) is 1. The highest BCUT2D eigenvalue weighted by atomic mass is 32.2. The van der Waals surface area contributed by atoms with Gasteiger partial charge in [-0.25, -0.2) is 0 Å². The summed E-state index contributed by atoms with van der Waals surface area (Å²) in [6.45, 7) is 2.78. The zero-order chi connectivity index (χ0) is 14.9. The van der Waals surface area contributed by atoms with Crippen molar-refractivity contribution in [2.45, 2.75) is 63.5 Å². The molecule has 2 atom stereocenters. The maximum absolute atomic E-state index is 13.1. The standard InChI is InChI=1S/C16H26N2O2S/c1-2-13-14(19)17-16(7-4-3-5-8-16)15(20)18(13)10-12-6-9-21-11-12/h12-13H,2-11H2,1H3,(H,17,19). The number of carbonyl (C=O) groups is 2. The molecular weight excluding hydrogens is 284 g/mol. The van der Waals surface area contributed by atoms with E-state index in [1.807, 2.05) is 23.6 Å². The van der Waals surface area contributed by atoms with Gasteiger partial charge in [-0.3, -0.25) is 9.59 Å². The summed E-state index contributed by atoms with van der Waals surface area (Å²) in [6.07, 6.45) is 6.83. The van der Waals surface area contributed by atoms with Crippen molar-refractivity contribution in [3.05, 3.63) is 0 Å². The van der Waals surface area contributed by atoms with Crippen molar-refractivity contribution >= 4 is 23.6 Å². The maximum atomic E-state index is 13.1. The van der Waals surface area contributed by atoms with Crippen LogP contribution in [0.25, 0.3) is 0 Å². The highest BCUT2D eigenvalue weighted by molar-refractivity contribution is 7.99. The normalized spacial score (nSPS) is 32.5. The molecule has 1 N–H and O–H groups in total. The van der Waals surface area contributed by atoms with Gasteiger partial charge in [0.25, 0.3) is 0 Å². The van der Waals surface area contributed by atoms with Crippen LogP contribution in [0, 0.1) is 5.92 Å². The third kappa shape index (κ3) is 2.81. The summed E-state index contributed by atoms with van der Waals surface area (Å²) >= 11 is 1.97. The van der Waals surface area contributed by atoms with Gasteiger partial charge < -0.3 is 10.2 Å². The number of piperazine rings is 1. The van der Waals surface area contributed by atoms with E-state index in [1.165, 1.54) is 18.6 Å². The summed E-state index contributed by atoms with van der Waals surface area (Å²) in [5, 5.41) is 3.10. The van der Waals surface area contributed by atoms with Crippen LogP contribution in [0.3, 0.4) is 0 Å². The van der Waals surface area contributed by atoms with Crippen molar-refractivity contribution in [1.29, 1.82) is 0 Å². The molecule has 0 aromatic carbocycles. The molecule has 2 heterocycles. The number of rotatable bonds is 3. The molecular formula is C16H26N2O2S. The molecule has 3 fully saturated rings. The Kier molecular flexibility index (Phi) is 4.48. The monoisotopic (exact) mass is 310 g/mol. The van der Waals surface area contributed by atoms with Gasteiger partial charge in [0.1, 0.15) is 11.6 Å². The Bertz CT molecular complexity index is 415.